The minimum Gasteiger partial charge on any atom is -0.324 e. The quantitative estimate of drug-likeness (QED) is 0.784. The number of nitrogens with zero attached hydrogens (tertiary/aromatic N) is 3. The first-order valence-corrected chi connectivity index (χ1v) is 8.99. The third-order valence-corrected chi connectivity index (χ3v) is 5.65. The van der Waals surface area contributed by atoms with Gasteiger partial charge in [-0.2, -0.15) is 5.10 Å². The highest BCUT2D eigenvalue weighted by atomic mass is 32.2. The number of carbonyl (C=O) groups excluding carboxylic acids is 2. The number of amides is 2. The molecule has 9 heteroatoms. The highest BCUT2D eigenvalue weighted by molar-refractivity contribution is 7.91. The minimum atomic E-state index is -3.13. The summed E-state index contributed by atoms with van der Waals surface area (Å²) < 4.78 is 23.1. The summed E-state index contributed by atoms with van der Waals surface area (Å²) in [6.45, 7) is 1.59. The van der Waals surface area contributed by atoms with E-state index in [0.29, 0.717) is 17.8 Å². The number of sulfone groups is 1. The van der Waals surface area contributed by atoms with Crippen LogP contribution in [-0.4, -0.2) is 53.5 Å². The first-order chi connectivity index (χ1) is 10.9. The standard InChI is InChI=1S/C14H16N4O4S/c1-9-12(13(19)16-10-3-2-5-15-7-10)14(20)18(17-9)11-4-6-23(21,22)8-11/h2-3,5,7,11-12H,4,6,8H2,1H3,(H,16,19)/t11-,12+/m0/s1. The van der Waals surface area contributed by atoms with Crippen molar-refractivity contribution < 1.29 is 18.0 Å². The lowest BCUT2D eigenvalue weighted by Crippen LogP contribution is -2.40. The molecule has 0 unspecified atom stereocenters. The Balaban J connectivity index is 1.74. The molecule has 2 aliphatic rings. The summed E-state index contributed by atoms with van der Waals surface area (Å²) in [5.41, 5.74) is 0.848. The zero-order valence-corrected chi connectivity index (χ0v) is 13.3. The van der Waals surface area contributed by atoms with E-state index in [1.54, 1.807) is 25.3 Å². The third-order valence-electron chi connectivity index (χ3n) is 3.90. The van der Waals surface area contributed by atoms with Gasteiger partial charge in [0, 0.05) is 6.20 Å². The van der Waals surface area contributed by atoms with Crippen molar-refractivity contribution in [2.45, 2.75) is 19.4 Å². The molecule has 1 N–H and O–H groups in total. The molecule has 8 nitrogen and oxygen atoms in total. The molecule has 0 bridgehead atoms. The largest absolute Gasteiger partial charge is 0.324 e. The number of hydrogen-bond acceptors (Lipinski definition) is 6. The van der Waals surface area contributed by atoms with E-state index in [1.165, 1.54) is 6.20 Å². The van der Waals surface area contributed by atoms with Crippen molar-refractivity contribution in [2.24, 2.45) is 11.0 Å². The zero-order valence-electron chi connectivity index (χ0n) is 12.5. The monoisotopic (exact) mass is 336 g/mol. The predicted molar refractivity (Wildman–Crippen MR) is 83.4 cm³/mol. The number of rotatable bonds is 3. The van der Waals surface area contributed by atoms with Gasteiger partial charge in [-0.3, -0.25) is 14.6 Å². The van der Waals surface area contributed by atoms with Crippen molar-refractivity contribution in [2.75, 3.05) is 16.8 Å². The molecule has 122 valence electrons. The van der Waals surface area contributed by atoms with E-state index in [9.17, 15) is 18.0 Å². The molecule has 2 aliphatic heterocycles. The SMILES string of the molecule is CC1=NN([C@H]2CCS(=O)(=O)C2)C(=O)[C@H]1C(=O)Nc1cccnc1. The van der Waals surface area contributed by atoms with Gasteiger partial charge >= 0.3 is 0 Å². The Morgan fingerprint density at radius 2 is 2.22 bits per heavy atom. The second-order valence-electron chi connectivity index (χ2n) is 5.65. The lowest BCUT2D eigenvalue weighted by molar-refractivity contribution is -0.137. The molecule has 0 saturated carbocycles. The van der Waals surface area contributed by atoms with Crippen molar-refractivity contribution in [1.82, 2.24) is 9.99 Å². The average molecular weight is 336 g/mol. The fraction of sp³-hybridized carbons (Fsp3) is 0.429. The maximum atomic E-state index is 12.5. The lowest BCUT2D eigenvalue weighted by Gasteiger charge is -2.19. The number of hydrogen-bond donors (Lipinski definition) is 1. The Morgan fingerprint density at radius 1 is 1.43 bits per heavy atom. The predicted octanol–water partition coefficient (Wildman–Crippen LogP) is 0.0415. The summed E-state index contributed by atoms with van der Waals surface area (Å²) in [5.74, 6) is -2.06. The normalized spacial score (nSPS) is 26.2. The summed E-state index contributed by atoms with van der Waals surface area (Å²) in [4.78, 5) is 28.7. The van der Waals surface area contributed by atoms with E-state index >= 15 is 0 Å². The molecule has 0 aromatic carbocycles. The van der Waals surface area contributed by atoms with Crippen LogP contribution in [-0.2, 0) is 19.4 Å². The van der Waals surface area contributed by atoms with Gasteiger partial charge in [-0.05, 0) is 25.5 Å². The Kier molecular flexibility index (Phi) is 3.88. The van der Waals surface area contributed by atoms with Crippen molar-refractivity contribution >= 4 is 33.1 Å². The number of aromatic nitrogens is 1. The topological polar surface area (TPSA) is 109 Å². The summed E-state index contributed by atoms with van der Waals surface area (Å²) in [5, 5.41) is 7.90. The molecule has 3 rings (SSSR count). The molecule has 2 atom stereocenters. The van der Waals surface area contributed by atoms with E-state index in [4.69, 9.17) is 0 Å². The van der Waals surface area contributed by atoms with Crippen molar-refractivity contribution in [3.05, 3.63) is 24.5 Å². The second kappa shape index (κ2) is 5.73. The number of carbonyl (C=O) groups is 2. The van der Waals surface area contributed by atoms with E-state index < -0.39 is 33.6 Å². The van der Waals surface area contributed by atoms with Crippen LogP contribution in [0, 0.1) is 5.92 Å². The van der Waals surface area contributed by atoms with E-state index in [0.717, 1.165) is 5.01 Å². The molecule has 0 aliphatic carbocycles. The highest BCUT2D eigenvalue weighted by Crippen LogP contribution is 2.25. The number of pyridine rings is 1. The van der Waals surface area contributed by atoms with Crippen LogP contribution in [0.4, 0.5) is 5.69 Å². The van der Waals surface area contributed by atoms with E-state index in [1.807, 2.05) is 0 Å². The van der Waals surface area contributed by atoms with Gasteiger partial charge in [0.25, 0.3) is 5.91 Å². The molecule has 0 spiro atoms. The number of anilines is 1. The molecule has 1 aromatic rings. The zero-order chi connectivity index (χ0) is 16.6. The summed E-state index contributed by atoms with van der Waals surface area (Å²) in [6, 6.07) is 2.85. The molecule has 1 saturated heterocycles. The van der Waals surface area contributed by atoms with Crippen LogP contribution in [0.2, 0.25) is 0 Å². The molecular formula is C14H16N4O4S. The maximum Gasteiger partial charge on any atom is 0.261 e. The van der Waals surface area contributed by atoms with Crippen LogP contribution >= 0.6 is 0 Å². The summed E-state index contributed by atoms with van der Waals surface area (Å²) in [6.07, 6.45) is 3.40. The lowest BCUT2D eigenvalue weighted by atomic mass is 10.0. The second-order valence-corrected chi connectivity index (χ2v) is 7.87. The van der Waals surface area contributed by atoms with Gasteiger partial charge in [0.05, 0.1) is 35.1 Å². The average Bonchev–Trinajstić information content (AvgIpc) is 2.99. The molecule has 1 fully saturated rings. The Hall–Kier alpha value is -2.29. The molecular weight excluding hydrogens is 320 g/mol. The molecule has 0 radical (unpaired) electrons. The van der Waals surface area contributed by atoms with Crippen LogP contribution < -0.4 is 5.32 Å². The Bertz CT molecular complexity index is 775. The van der Waals surface area contributed by atoms with Crippen molar-refractivity contribution in [3.63, 3.8) is 0 Å². The van der Waals surface area contributed by atoms with Crippen LogP contribution in [0.25, 0.3) is 0 Å². The van der Waals surface area contributed by atoms with Crippen molar-refractivity contribution in [3.8, 4) is 0 Å². The highest BCUT2D eigenvalue weighted by Gasteiger charge is 2.44. The number of hydrazone groups is 1. The first-order valence-electron chi connectivity index (χ1n) is 7.17. The van der Waals surface area contributed by atoms with Gasteiger partial charge < -0.3 is 5.32 Å². The smallest absolute Gasteiger partial charge is 0.261 e. The van der Waals surface area contributed by atoms with E-state index in [2.05, 4.69) is 15.4 Å². The molecule has 1 aromatic heterocycles. The Labute approximate surface area is 133 Å². The van der Waals surface area contributed by atoms with Gasteiger partial charge in [-0.15, -0.1) is 0 Å². The molecule has 23 heavy (non-hydrogen) atoms. The van der Waals surface area contributed by atoms with Gasteiger partial charge in [0.1, 0.15) is 0 Å². The van der Waals surface area contributed by atoms with Crippen LogP contribution in [0.3, 0.4) is 0 Å². The first kappa shape index (κ1) is 15.6. The van der Waals surface area contributed by atoms with Gasteiger partial charge in [0.15, 0.2) is 15.8 Å². The van der Waals surface area contributed by atoms with Crippen molar-refractivity contribution in [1.29, 1.82) is 0 Å². The minimum absolute atomic E-state index is 0.0442. The van der Waals surface area contributed by atoms with Crippen LogP contribution in [0.5, 0.6) is 0 Å². The Morgan fingerprint density at radius 3 is 2.83 bits per heavy atom. The summed E-state index contributed by atoms with van der Waals surface area (Å²) >= 11 is 0. The van der Waals surface area contributed by atoms with E-state index in [-0.39, 0.29) is 11.5 Å². The fourth-order valence-electron chi connectivity index (χ4n) is 2.77. The summed E-state index contributed by atoms with van der Waals surface area (Å²) in [7, 11) is -3.13. The molecule has 2 amide bonds. The van der Waals surface area contributed by atoms with Gasteiger partial charge in [-0.25, -0.2) is 13.4 Å². The van der Waals surface area contributed by atoms with Gasteiger partial charge in [0.2, 0.25) is 5.91 Å². The van der Waals surface area contributed by atoms with Crippen LogP contribution in [0.1, 0.15) is 13.3 Å². The third kappa shape index (κ3) is 3.09. The fourth-order valence-corrected chi connectivity index (χ4v) is 4.46. The molecule has 3 heterocycles. The maximum absolute atomic E-state index is 12.5. The van der Waals surface area contributed by atoms with Crippen LogP contribution in [0.15, 0.2) is 29.6 Å². The number of nitrogens with one attached hydrogen (secondary N) is 1. The van der Waals surface area contributed by atoms with Gasteiger partial charge in [-0.1, -0.05) is 0 Å².